The van der Waals surface area contributed by atoms with Gasteiger partial charge in [0.05, 0.1) is 6.10 Å². The summed E-state index contributed by atoms with van der Waals surface area (Å²) in [4.78, 5) is 2.65. The Hall–Kier alpha value is -0.120. The Morgan fingerprint density at radius 2 is 1.53 bits per heavy atom. The number of piperidine rings is 2. The smallest absolute Gasteiger partial charge is 0.0546 e. The Morgan fingerprint density at radius 3 is 2.16 bits per heavy atom. The molecule has 3 aliphatic rings. The fourth-order valence-electron chi connectivity index (χ4n) is 4.21. The Bertz CT molecular complexity index is 264. The molecular weight excluding hydrogens is 236 g/mol. The van der Waals surface area contributed by atoms with Crippen LogP contribution in [0.5, 0.6) is 0 Å². The molecule has 3 fully saturated rings. The molecule has 2 N–H and O–H groups in total. The third-order valence-corrected chi connectivity index (χ3v) is 5.56. The zero-order valence-electron chi connectivity index (χ0n) is 12.2. The van der Waals surface area contributed by atoms with Gasteiger partial charge in [-0.05, 0) is 88.9 Å². The summed E-state index contributed by atoms with van der Waals surface area (Å²) in [6, 6.07) is 0. The SMILES string of the molecule is OC1CC(CN2CCC(CC3CCNCC3)CC2)C1. The number of hydrogen-bond acceptors (Lipinski definition) is 3. The first kappa shape index (κ1) is 13.8. The van der Waals surface area contributed by atoms with Gasteiger partial charge in [0.15, 0.2) is 0 Å². The average Bonchev–Trinajstić information content (AvgIpc) is 2.40. The van der Waals surface area contributed by atoms with Gasteiger partial charge in [0.2, 0.25) is 0 Å². The van der Waals surface area contributed by atoms with Crippen molar-refractivity contribution in [2.45, 2.75) is 51.0 Å². The van der Waals surface area contributed by atoms with Crippen molar-refractivity contribution in [1.29, 1.82) is 0 Å². The largest absolute Gasteiger partial charge is 0.393 e. The summed E-state index contributed by atoms with van der Waals surface area (Å²) < 4.78 is 0. The molecule has 0 aromatic carbocycles. The van der Waals surface area contributed by atoms with E-state index < -0.39 is 0 Å². The van der Waals surface area contributed by atoms with E-state index in [4.69, 9.17) is 0 Å². The van der Waals surface area contributed by atoms with Crippen molar-refractivity contribution in [3.8, 4) is 0 Å². The first-order valence-electron chi connectivity index (χ1n) is 8.40. The van der Waals surface area contributed by atoms with E-state index in [-0.39, 0.29) is 6.10 Å². The molecule has 3 rings (SSSR count). The monoisotopic (exact) mass is 266 g/mol. The molecule has 1 aliphatic carbocycles. The van der Waals surface area contributed by atoms with Crippen LogP contribution in [0.1, 0.15) is 44.9 Å². The van der Waals surface area contributed by atoms with Crippen LogP contribution in [0.25, 0.3) is 0 Å². The van der Waals surface area contributed by atoms with Crippen LogP contribution in [0, 0.1) is 17.8 Å². The number of aliphatic hydroxyl groups is 1. The molecule has 0 bridgehead atoms. The van der Waals surface area contributed by atoms with Crippen LogP contribution in [0.2, 0.25) is 0 Å². The molecule has 0 amide bonds. The second kappa shape index (κ2) is 6.55. The first-order chi connectivity index (χ1) is 9.29. The van der Waals surface area contributed by atoms with E-state index in [1.54, 1.807) is 0 Å². The minimum atomic E-state index is 0.0162. The zero-order valence-corrected chi connectivity index (χ0v) is 12.2. The molecule has 0 spiro atoms. The lowest BCUT2D eigenvalue weighted by molar-refractivity contribution is 0.0176. The van der Waals surface area contributed by atoms with Gasteiger partial charge in [-0.3, -0.25) is 0 Å². The number of nitrogens with zero attached hydrogens (tertiary/aromatic N) is 1. The molecule has 2 heterocycles. The van der Waals surface area contributed by atoms with Crippen LogP contribution in [0.3, 0.4) is 0 Å². The molecule has 1 saturated carbocycles. The molecule has 2 aliphatic heterocycles. The molecule has 0 aromatic heterocycles. The van der Waals surface area contributed by atoms with E-state index in [1.807, 2.05) is 0 Å². The summed E-state index contributed by atoms with van der Waals surface area (Å²) in [7, 11) is 0. The van der Waals surface area contributed by atoms with Crippen molar-refractivity contribution in [3.63, 3.8) is 0 Å². The third kappa shape index (κ3) is 3.93. The Labute approximate surface area is 117 Å². The highest BCUT2D eigenvalue weighted by atomic mass is 16.3. The number of rotatable bonds is 4. The van der Waals surface area contributed by atoms with Gasteiger partial charge in [-0.2, -0.15) is 0 Å². The molecule has 2 saturated heterocycles. The minimum absolute atomic E-state index is 0.0162. The van der Waals surface area contributed by atoms with Crippen molar-refractivity contribution in [1.82, 2.24) is 10.2 Å². The van der Waals surface area contributed by atoms with Crippen molar-refractivity contribution in [2.75, 3.05) is 32.7 Å². The fourth-order valence-corrected chi connectivity index (χ4v) is 4.21. The van der Waals surface area contributed by atoms with Crippen LogP contribution < -0.4 is 5.32 Å². The van der Waals surface area contributed by atoms with Gasteiger partial charge in [0.1, 0.15) is 0 Å². The standard InChI is InChI=1S/C16H30N2O/c19-16-10-15(11-16)12-18-7-3-14(4-8-18)9-13-1-5-17-6-2-13/h13-17,19H,1-12H2. The van der Waals surface area contributed by atoms with Crippen LogP contribution in [0.4, 0.5) is 0 Å². The Morgan fingerprint density at radius 1 is 0.895 bits per heavy atom. The van der Waals surface area contributed by atoms with Crippen molar-refractivity contribution in [3.05, 3.63) is 0 Å². The summed E-state index contributed by atoms with van der Waals surface area (Å²) >= 11 is 0. The van der Waals surface area contributed by atoms with E-state index in [2.05, 4.69) is 10.2 Å². The maximum atomic E-state index is 9.35. The molecule has 110 valence electrons. The third-order valence-electron chi connectivity index (χ3n) is 5.56. The predicted molar refractivity (Wildman–Crippen MR) is 78.1 cm³/mol. The number of hydrogen-bond donors (Lipinski definition) is 2. The Balaban J connectivity index is 1.32. The highest BCUT2D eigenvalue weighted by Gasteiger charge is 2.30. The molecular formula is C16H30N2O. The summed E-state index contributed by atoms with van der Waals surface area (Å²) in [6.07, 6.45) is 9.24. The highest BCUT2D eigenvalue weighted by molar-refractivity contribution is 4.83. The van der Waals surface area contributed by atoms with Crippen molar-refractivity contribution in [2.24, 2.45) is 17.8 Å². The normalized spacial score (nSPS) is 35.2. The second-order valence-corrected chi connectivity index (χ2v) is 7.16. The summed E-state index contributed by atoms with van der Waals surface area (Å²) in [5, 5.41) is 12.8. The summed E-state index contributed by atoms with van der Waals surface area (Å²) in [5.74, 6) is 2.78. The molecule has 3 nitrogen and oxygen atoms in total. The van der Waals surface area contributed by atoms with Gasteiger partial charge in [-0.25, -0.2) is 0 Å². The van der Waals surface area contributed by atoms with Crippen LogP contribution in [-0.4, -0.2) is 48.8 Å². The van der Waals surface area contributed by atoms with Gasteiger partial charge >= 0.3 is 0 Å². The first-order valence-corrected chi connectivity index (χ1v) is 8.40. The summed E-state index contributed by atoms with van der Waals surface area (Å²) in [5.41, 5.74) is 0. The molecule has 19 heavy (non-hydrogen) atoms. The van der Waals surface area contributed by atoms with Crippen molar-refractivity contribution >= 4 is 0 Å². The van der Waals surface area contributed by atoms with Gasteiger partial charge in [0.25, 0.3) is 0 Å². The number of aliphatic hydroxyl groups excluding tert-OH is 1. The summed E-state index contributed by atoms with van der Waals surface area (Å²) in [6.45, 7) is 6.35. The van der Waals surface area contributed by atoms with Crippen LogP contribution in [0.15, 0.2) is 0 Å². The fraction of sp³-hybridized carbons (Fsp3) is 1.00. The number of likely N-dealkylation sites (tertiary alicyclic amines) is 1. The molecule has 0 unspecified atom stereocenters. The van der Waals surface area contributed by atoms with Gasteiger partial charge in [0, 0.05) is 6.54 Å². The maximum absolute atomic E-state index is 9.35. The second-order valence-electron chi connectivity index (χ2n) is 7.16. The lowest BCUT2D eigenvalue weighted by atomic mass is 9.80. The van der Waals surface area contributed by atoms with E-state index in [1.165, 1.54) is 64.8 Å². The lowest BCUT2D eigenvalue weighted by Gasteiger charge is -2.39. The minimum Gasteiger partial charge on any atom is -0.393 e. The quantitative estimate of drug-likeness (QED) is 0.815. The van der Waals surface area contributed by atoms with E-state index in [0.717, 1.165) is 30.6 Å². The van der Waals surface area contributed by atoms with Gasteiger partial charge < -0.3 is 15.3 Å². The average molecular weight is 266 g/mol. The lowest BCUT2D eigenvalue weighted by Crippen LogP contribution is -2.42. The van der Waals surface area contributed by atoms with E-state index in [0.29, 0.717) is 0 Å². The zero-order chi connectivity index (χ0) is 13.1. The molecule has 0 aromatic rings. The molecule has 0 radical (unpaired) electrons. The molecule has 0 atom stereocenters. The van der Waals surface area contributed by atoms with Gasteiger partial charge in [-0.15, -0.1) is 0 Å². The molecule has 3 heteroatoms. The highest BCUT2D eigenvalue weighted by Crippen LogP contribution is 2.31. The van der Waals surface area contributed by atoms with Crippen molar-refractivity contribution < 1.29 is 5.11 Å². The van der Waals surface area contributed by atoms with E-state index >= 15 is 0 Å². The topological polar surface area (TPSA) is 35.5 Å². The maximum Gasteiger partial charge on any atom is 0.0546 e. The predicted octanol–water partition coefficient (Wildman–Crippen LogP) is 1.86. The van der Waals surface area contributed by atoms with E-state index in [9.17, 15) is 5.11 Å². The Kier molecular flexibility index (Phi) is 4.78. The number of nitrogens with one attached hydrogen (secondary N) is 1. The van der Waals surface area contributed by atoms with Crippen LogP contribution in [-0.2, 0) is 0 Å². The van der Waals surface area contributed by atoms with Gasteiger partial charge in [-0.1, -0.05) is 0 Å². The van der Waals surface area contributed by atoms with Crippen LogP contribution >= 0.6 is 0 Å².